The van der Waals surface area contributed by atoms with Crippen molar-refractivity contribution in [1.29, 1.82) is 0 Å². The molecular formula is C7H10Cl2N2O2. The summed E-state index contributed by atoms with van der Waals surface area (Å²) in [5.74, 6) is -0.283. The number of halogens is 2. The number of hydrogen-bond donors (Lipinski definition) is 0. The fraction of sp³-hybridized carbons (Fsp3) is 0.714. The van der Waals surface area contributed by atoms with Gasteiger partial charge in [-0.1, -0.05) is 23.2 Å². The molecule has 0 bridgehead atoms. The van der Waals surface area contributed by atoms with Gasteiger partial charge in [0.15, 0.2) is 4.84 Å². The summed E-state index contributed by atoms with van der Waals surface area (Å²) in [6.45, 7) is 2.12. The van der Waals surface area contributed by atoms with Gasteiger partial charge < -0.3 is 9.80 Å². The fourth-order valence-electron chi connectivity index (χ4n) is 1.19. The molecule has 0 saturated carbocycles. The monoisotopic (exact) mass is 224 g/mol. The molecule has 13 heavy (non-hydrogen) atoms. The van der Waals surface area contributed by atoms with Crippen LogP contribution in [-0.2, 0) is 9.59 Å². The Morgan fingerprint density at radius 1 is 1.23 bits per heavy atom. The van der Waals surface area contributed by atoms with Crippen LogP contribution in [0.4, 0.5) is 0 Å². The third-order valence-electron chi connectivity index (χ3n) is 1.96. The van der Waals surface area contributed by atoms with Gasteiger partial charge in [0, 0.05) is 26.2 Å². The Morgan fingerprint density at radius 2 is 1.77 bits per heavy atom. The summed E-state index contributed by atoms with van der Waals surface area (Å²) < 4.78 is 0. The Bertz CT molecular complexity index is 203. The smallest absolute Gasteiger partial charge is 0.255 e. The lowest BCUT2D eigenvalue weighted by Crippen LogP contribution is -2.49. The normalized spacial score (nSPS) is 17.8. The highest BCUT2D eigenvalue weighted by Gasteiger charge is 2.23. The summed E-state index contributed by atoms with van der Waals surface area (Å²) >= 11 is 10.8. The van der Waals surface area contributed by atoms with Crippen molar-refractivity contribution in [1.82, 2.24) is 9.80 Å². The molecule has 0 aromatic heterocycles. The summed E-state index contributed by atoms with van der Waals surface area (Å²) in [5.41, 5.74) is 0. The van der Waals surface area contributed by atoms with Crippen molar-refractivity contribution in [2.75, 3.05) is 26.2 Å². The van der Waals surface area contributed by atoms with Gasteiger partial charge in [-0.3, -0.25) is 9.59 Å². The van der Waals surface area contributed by atoms with Crippen molar-refractivity contribution in [3.8, 4) is 0 Å². The second-order valence-electron chi connectivity index (χ2n) is 2.77. The first kappa shape index (κ1) is 10.6. The molecule has 0 spiro atoms. The SMILES string of the molecule is O=CN1CCN(C(=O)C(Cl)Cl)CC1. The number of piperazine rings is 1. The average molecular weight is 225 g/mol. The van der Waals surface area contributed by atoms with E-state index in [-0.39, 0.29) is 5.91 Å². The van der Waals surface area contributed by atoms with E-state index < -0.39 is 4.84 Å². The standard InChI is InChI=1S/C7H10Cl2N2O2/c8-6(9)7(13)11-3-1-10(5-12)2-4-11/h5-6H,1-4H2. The maximum atomic E-state index is 11.2. The summed E-state index contributed by atoms with van der Waals surface area (Å²) in [7, 11) is 0. The van der Waals surface area contributed by atoms with Crippen molar-refractivity contribution < 1.29 is 9.59 Å². The Morgan fingerprint density at radius 3 is 2.15 bits per heavy atom. The van der Waals surface area contributed by atoms with Crippen LogP contribution in [0.2, 0.25) is 0 Å². The Kier molecular flexibility index (Phi) is 3.81. The summed E-state index contributed by atoms with van der Waals surface area (Å²) in [4.78, 5) is 23.8. The molecule has 0 unspecified atom stereocenters. The van der Waals surface area contributed by atoms with E-state index in [0.717, 1.165) is 6.41 Å². The van der Waals surface area contributed by atoms with Crippen LogP contribution < -0.4 is 0 Å². The van der Waals surface area contributed by atoms with E-state index in [1.807, 2.05) is 0 Å². The van der Waals surface area contributed by atoms with Gasteiger partial charge in [-0.25, -0.2) is 0 Å². The van der Waals surface area contributed by atoms with Gasteiger partial charge in [0.1, 0.15) is 0 Å². The largest absolute Gasteiger partial charge is 0.342 e. The van der Waals surface area contributed by atoms with E-state index in [0.29, 0.717) is 26.2 Å². The van der Waals surface area contributed by atoms with Crippen LogP contribution in [0.15, 0.2) is 0 Å². The molecule has 0 aromatic carbocycles. The lowest BCUT2D eigenvalue weighted by Gasteiger charge is -2.32. The van der Waals surface area contributed by atoms with Crippen LogP contribution in [0.5, 0.6) is 0 Å². The van der Waals surface area contributed by atoms with Crippen LogP contribution in [-0.4, -0.2) is 53.1 Å². The zero-order chi connectivity index (χ0) is 9.84. The summed E-state index contributed by atoms with van der Waals surface area (Å²) in [6.07, 6.45) is 0.778. The molecule has 1 aliphatic rings. The van der Waals surface area contributed by atoms with E-state index >= 15 is 0 Å². The van der Waals surface area contributed by atoms with Gasteiger partial charge >= 0.3 is 0 Å². The van der Waals surface area contributed by atoms with Crippen LogP contribution in [0.3, 0.4) is 0 Å². The molecule has 1 fully saturated rings. The maximum Gasteiger partial charge on any atom is 0.255 e. The third kappa shape index (κ3) is 2.74. The second kappa shape index (κ2) is 4.67. The maximum absolute atomic E-state index is 11.2. The molecule has 74 valence electrons. The molecule has 0 N–H and O–H groups in total. The second-order valence-corrected chi connectivity index (χ2v) is 3.86. The number of alkyl halides is 2. The van der Waals surface area contributed by atoms with Gasteiger partial charge in [0.25, 0.3) is 5.91 Å². The molecule has 1 heterocycles. The Labute approximate surface area is 86.4 Å². The first-order valence-electron chi connectivity index (χ1n) is 3.91. The highest BCUT2D eigenvalue weighted by atomic mass is 35.5. The van der Waals surface area contributed by atoms with Gasteiger partial charge in [-0.2, -0.15) is 0 Å². The first-order valence-corrected chi connectivity index (χ1v) is 4.78. The van der Waals surface area contributed by atoms with E-state index in [9.17, 15) is 9.59 Å². The van der Waals surface area contributed by atoms with Crippen molar-refractivity contribution in [3.05, 3.63) is 0 Å². The number of hydrogen-bond acceptors (Lipinski definition) is 2. The molecule has 1 aliphatic heterocycles. The van der Waals surface area contributed by atoms with Crippen molar-refractivity contribution in [2.45, 2.75) is 4.84 Å². The Balaban J connectivity index is 2.40. The number of carbonyl (C=O) groups is 2. The molecule has 6 heteroatoms. The minimum Gasteiger partial charge on any atom is -0.342 e. The molecule has 0 aromatic rings. The molecule has 0 aliphatic carbocycles. The van der Waals surface area contributed by atoms with Gasteiger partial charge in [0.05, 0.1) is 0 Å². The van der Waals surface area contributed by atoms with Crippen LogP contribution in [0.1, 0.15) is 0 Å². The zero-order valence-corrected chi connectivity index (χ0v) is 8.46. The van der Waals surface area contributed by atoms with E-state index in [2.05, 4.69) is 0 Å². The van der Waals surface area contributed by atoms with Crippen LogP contribution in [0, 0.1) is 0 Å². The minimum absolute atomic E-state index is 0.283. The van der Waals surface area contributed by atoms with Gasteiger partial charge in [-0.15, -0.1) is 0 Å². The third-order valence-corrected chi connectivity index (χ3v) is 2.34. The van der Waals surface area contributed by atoms with E-state index in [4.69, 9.17) is 23.2 Å². The van der Waals surface area contributed by atoms with Crippen LogP contribution >= 0.6 is 23.2 Å². The quantitative estimate of drug-likeness (QED) is 0.493. The molecule has 1 rings (SSSR count). The predicted octanol–water partition coefficient (Wildman–Crippen LogP) is 0.0907. The van der Waals surface area contributed by atoms with Crippen LogP contribution in [0.25, 0.3) is 0 Å². The van der Waals surface area contributed by atoms with Crippen molar-refractivity contribution in [3.63, 3.8) is 0 Å². The number of nitrogens with zero attached hydrogens (tertiary/aromatic N) is 2. The fourth-order valence-corrected chi connectivity index (χ4v) is 1.46. The average Bonchev–Trinajstić information content (AvgIpc) is 2.17. The molecule has 0 radical (unpaired) electrons. The molecule has 0 atom stereocenters. The number of amides is 2. The zero-order valence-electron chi connectivity index (χ0n) is 6.95. The molecule has 4 nitrogen and oxygen atoms in total. The summed E-state index contributed by atoms with van der Waals surface area (Å²) in [6, 6.07) is 0. The molecular weight excluding hydrogens is 215 g/mol. The van der Waals surface area contributed by atoms with E-state index in [1.165, 1.54) is 0 Å². The van der Waals surface area contributed by atoms with Crippen molar-refractivity contribution >= 4 is 35.5 Å². The molecule has 1 saturated heterocycles. The van der Waals surface area contributed by atoms with Gasteiger partial charge in [-0.05, 0) is 0 Å². The molecule has 2 amide bonds. The first-order chi connectivity index (χ1) is 6.15. The highest BCUT2D eigenvalue weighted by molar-refractivity contribution is 6.53. The number of carbonyl (C=O) groups excluding carboxylic acids is 2. The van der Waals surface area contributed by atoms with Crippen molar-refractivity contribution in [2.24, 2.45) is 0 Å². The lowest BCUT2D eigenvalue weighted by molar-refractivity contribution is -0.133. The summed E-state index contributed by atoms with van der Waals surface area (Å²) in [5, 5.41) is 0. The highest BCUT2D eigenvalue weighted by Crippen LogP contribution is 2.09. The van der Waals surface area contributed by atoms with E-state index in [1.54, 1.807) is 9.80 Å². The topological polar surface area (TPSA) is 40.6 Å². The predicted molar refractivity (Wildman–Crippen MR) is 49.7 cm³/mol. The lowest BCUT2D eigenvalue weighted by atomic mass is 10.3. The Hall–Kier alpha value is -0.480. The number of rotatable bonds is 2. The van der Waals surface area contributed by atoms with Gasteiger partial charge in [0.2, 0.25) is 6.41 Å². The minimum atomic E-state index is -0.997.